The van der Waals surface area contributed by atoms with E-state index in [4.69, 9.17) is 0 Å². The first-order valence-electron chi connectivity index (χ1n) is 6.81. The van der Waals surface area contributed by atoms with E-state index in [0.717, 1.165) is 25.7 Å². The second kappa shape index (κ2) is 5.81. The summed E-state index contributed by atoms with van der Waals surface area (Å²) in [6.07, 6.45) is 5.09. The Morgan fingerprint density at radius 1 is 1.28 bits per heavy atom. The smallest absolute Gasteiger partial charge is 0.127 e. The maximum atomic E-state index is 13.6. The van der Waals surface area contributed by atoms with Crippen LogP contribution in [-0.4, -0.2) is 17.3 Å². The van der Waals surface area contributed by atoms with Gasteiger partial charge in [-0.1, -0.05) is 37.5 Å². The Morgan fingerprint density at radius 3 is 2.61 bits per heavy atom. The van der Waals surface area contributed by atoms with Crippen molar-refractivity contribution in [2.24, 2.45) is 0 Å². The second-order valence-electron chi connectivity index (χ2n) is 5.41. The van der Waals surface area contributed by atoms with Gasteiger partial charge in [0.2, 0.25) is 0 Å². The molecule has 1 aromatic rings. The Kier molecular flexibility index (Phi) is 4.36. The average molecular weight is 251 g/mol. The van der Waals surface area contributed by atoms with E-state index in [0.29, 0.717) is 12.1 Å². The zero-order chi connectivity index (χ0) is 13.0. The van der Waals surface area contributed by atoms with Crippen LogP contribution in [0.15, 0.2) is 24.3 Å². The van der Waals surface area contributed by atoms with Crippen LogP contribution >= 0.6 is 0 Å². The summed E-state index contributed by atoms with van der Waals surface area (Å²) in [6.45, 7) is 2.48. The van der Waals surface area contributed by atoms with E-state index in [1.165, 1.54) is 12.5 Å². The highest BCUT2D eigenvalue weighted by molar-refractivity contribution is 5.20. The van der Waals surface area contributed by atoms with E-state index in [2.05, 4.69) is 5.32 Å². The Morgan fingerprint density at radius 2 is 1.94 bits per heavy atom. The summed E-state index contributed by atoms with van der Waals surface area (Å²) in [4.78, 5) is 0. The van der Waals surface area contributed by atoms with Crippen LogP contribution in [-0.2, 0) is 0 Å². The first kappa shape index (κ1) is 13.5. The lowest BCUT2D eigenvalue weighted by Gasteiger charge is -2.33. The molecule has 2 N–H and O–H groups in total. The minimum absolute atomic E-state index is 0.0721. The lowest BCUT2D eigenvalue weighted by molar-refractivity contribution is 0.00292. The molecule has 2 nitrogen and oxygen atoms in total. The lowest BCUT2D eigenvalue weighted by atomic mass is 9.84. The van der Waals surface area contributed by atoms with E-state index >= 15 is 0 Å². The molecule has 0 aromatic heterocycles. The predicted octanol–water partition coefficient (Wildman–Crippen LogP) is 3.17. The zero-order valence-corrected chi connectivity index (χ0v) is 11.0. The van der Waals surface area contributed by atoms with Gasteiger partial charge in [-0.2, -0.15) is 0 Å². The largest absolute Gasteiger partial charge is 0.389 e. The van der Waals surface area contributed by atoms with Gasteiger partial charge in [0.05, 0.1) is 5.60 Å². The molecule has 0 aliphatic heterocycles. The highest BCUT2D eigenvalue weighted by Crippen LogP contribution is 2.28. The van der Waals surface area contributed by atoms with Crippen LogP contribution in [0.3, 0.4) is 0 Å². The van der Waals surface area contributed by atoms with Crippen molar-refractivity contribution < 1.29 is 9.50 Å². The molecule has 1 fully saturated rings. The van der Waals surface area contributed by atoms with Crippen LogP contribution in [0.5, 0.6) is 0 Å². The molecule has 0 bridgehead atoms. The number of hydrogen-bond donors (Lipinski definition) is 2. The predicted molar refractivity (Wildman–Crippen MR) is 70.9 cm³/mol. The van der Waals surface area contributed by atoms with Crippen molar-refractivity contribution in [3.05, 3.63) is 35.6 Å². The van der Waals surface area contributed by atoms with Crippen LogP contribution in [0, 0.1) is 5.82 Å². The van der Waals surface area contributed by atoms with Gasteiger partial charge in [0.15, 0.2) is 0 Å². The standard InChI is InChI=1S/C15H22FNO/c1-12(13-7-3-4-8-14(13)16)17-11-15(18)9-5-2-6-10-15/h3-4,7-8,12,17-18H,2,5-6,9-11H2,1H3/t12-/m1/s1. The van der Waals surface area contributed by atoms with Gasteiger partial charge in [0, 0.05) is 18.2 Å². The quantitative estimate of drug-likeness (QED) is 0.861. The summed E-state index contributed by atoms with van der Waals surface area (Å²) in [5.74, 6) is -0.187. The van der Waals surface area contributed by atoms with Crippen molar-refractivity contribution in [1.29, 1.82) is 0 Å². The summed E-state index contributed by atoms with van der Waals surface area (Å²) in [5.41, 5.74) is 0.0644. The van der Waals surface area contributed by atoms with Crippen molar-refractivity contribution in [3.8, 4) is 0 Å². The molecule has 3 heteroatoms. The average Bonchev–Trinajstić information content (AvgIpc) is 2.38. The Labute approximate surface area is 108 Å². The molecule has 0 unspecified atom stereocenters. The third-order valence-electron chi connectivity index (χ3n) is 3.89. The zero-order valence-electron chi connectivity index (χ0n) is 11.0. The molecule has 0 radical (unpaired) electrons. The Bertz CT molecular complexity index is 388. The van der Waals surface area contributed by atoms with Gasteiger partial charge in [-0.3, -0.25) is 0 Å². The van der Waals surface area contributed by atoms with E-state index in [-0.39, 0.29) is 11.9 Å². The monoisotopic (exact) mass is 251 g/mol. The normalized spacial score (nSPS) is 20.6. The van der Waals surface area contributed by atoms with Crippen LogP contribution in [0.1, 0.15) is 50.6 Å². The molecule has 18 heavy (non-hydrogen) atoms. The van der Waals surface area contributed by atoms with E-state index in [1.54, 1.807) is 12.1 Å². The fraction of sp³-hybridized carbons (Fsp3) is 0.600. The minimum atomic E-state index is -0.599. The van der Waals surface area contributed by atoms with Gasteiger partial charge >= 0.3 is 0 Å². The van der Waals surface area contributed by atoms with E-state index < -0.39 is 5.60 Å². The molecule has 0 amide bonds. The number of benzene rings is 1. The fourth-order valence-corrected chi connectivity index (χ4v) is 2.67. The molecule has 100 valence electrons. The van der Waals surface area contributed by atoms with Gasteiger partial charge in [-0.05, 0) is 25.8 Å². The maximum absolute atomic E-state index is 13.6. The van der Waals surface area contributed by atoms with Crippen LogP contribution in [0.2, 0.25) is 0 Å². The van der Waals surface area contributed by atoms with Gasteiger partial charge in [-0.25, -0.2) is 4.39 Å². The summed E-state index contributed by atoms with van der Waals surface area (Å²) in [7, 11) is 0. The molecule has 0 spiro atoms. The summed E-state index contributed by atoms with van der Waals surface area (Å²) >= 11 is 0. The number of hydrogen-bond acceptors (Lipinski definition) is 2. The van der Waals surface area contributed by atoms with Crippen molar-refractivity contribution in [2.75, 3.05) is 6.54 Å². The molecular weight excluding hydrogens is 229 g/mol. The number of halogens is 1. The summed E-state index contributed by atoms with van der Waals surface area (Å²) in [6, 6.07) is 6.73. The molecule has 1 aliphatic carbocycles. The van der Waals surface area contributed by atoms with Crippen molar-refractivity contribution >= 4 is 0 Å². The maximum Gasteiger partial charge on any atom is 0.127 e. The molecule has 1 atom stereocenters. The molecule has 2 rings (SSSR count). The molecule has 1 saturated carbocycles. The SMILES string of the molecule is C[C@@H](NCC1(O)CCCCC1)c1ccccc1F. The fourth-order valence-electron chi connectivity index (χ4n) is 2.67. The molecule has 0 saturated heterocycles. The minimum Gasteiger partial charge on any atom is -0.389 e. The van der Waals surface area contributed by atoms with Gasteiger partial charge in [0.25, 0.3) is 0 Å². The highest BCUT2D eigenvalue weighted by atomic mass is 19.1. The van der Waals surface area contributed by atoms with Gasteiger partial charge < -0.3 is 10.4 Å². The van der Waals surface area contributed by atoms with Crippen molar-refractivity contribution in [1.82, 2.24) is 5.32 Å². The van der Waals surface area contributed by atoms with E-state index in [1.807, 2.05) is 13.0 Å². The topological polar surface area (TPSA) is 32.3 Å². The third-order valence-corrected chi connectivity index (χ3v) is 3.89. The molecule has 1 aliphatic rings. The molecular formula is C15H22FNO. The Balaban J connectivity index is 1.92. The molecule has 0 heterocycles. The highest BCUT2D eigenvalue weighted by Gasteiger charge is 2.29. The van der Waals surface area contributed by atoms with Gasteiger partial charge in [0.1, 0.15) is 5.82 Å². The summed E-state index contributed by atoms with van der Waals surface area (Å²) in [5, 5.41) is 13.6. The number of aliphatic hydroxyl groups is 1. The number of rotatable bonds is 4. The van der Waals surface area contributed by atoms with Gasteiger partial charge in [-0.15, -0.1) is 0 Å². The van der Waals surface area contributed by atoms with Crippen LogP contribution in [0.25, 0.3) is 0 Å². The summed E-state index contributed by atoms with van der Waals surface area (Å²) < 4.78 is 13.6. The molecule has 1 aromatic carbocycles. The van der Waals surface area contributed by atoms with E-state index in [9.17, 15) is 9.50 Å². The number of nitrogens with one attached hydrogen (secondary N) is 1. The lowest BCUT2D eigenvalue weighted by Crippen LogP contribution is -2.43. The third kappa shape index (κ3) is 3.30. The van der Waals surface area contributed by atoms with Crippen molar-refractivity contribution in [3.63, 3.8) is 0 Å². The van der Waals surface area contributed by atoms with Crippen LogP contribution in [0.4, 0.5) is 4.39 Å². The first-order chi connectivity index (χ1) is 8.61. The first-order valence-corrected chi connectivity index (χ1v) is 6.81. The van der Waals surface area contributed by atoms with Crippen LogP contribution < -0.4 is 5.32 Å². The van der Waals surface area contributed by atoms with Crippen molar-refractivity contribution in [2.45, 2.75) is 50.7 Å². The Hall–Kier alpha value is -0.930. The second-order valence-corrected chi connectivity index (χ2v) is 5.41.